The molecule has 1 aromatic heterocycles. The molecule has 0 bridgehead atoms. The number of fused-ring (bicyclic) bond motifs is 2. The molecule has 1 saturated heterocycles. The van der Waals surface area contributed by atoms with Crippen LogP contribution in [0.25, 0.3) is 0 Å². The summed E-state index contributed by atoms with van der Waals surface area (Å²) in [7, 11) is 3.70. The summed E-state index contributed by atoms with van der Waals surface area (Å²) in [6, 6.07) is 4.01. The van der Waals surface area contributed by atoms with Crippen molar-refractivity contribution in [2.45, 2.75) is 56.6 Å². The summed E-state index contributed by atoms with van der Waals surface area (Å²) in [6.45, 7) is 2.54. The van der Waals surface area contributed by atoms with E-state index in [0.29, 0.717) is 0 Å². The summed E-state index contributed by atoms with van der Waals surface area (Å²) in [5.41, 5.74) is 1.46. The molecule has 1 saturated carbocycles. The molecule has 1 aliphatic carbocycles. The van der Waals surface area contributed by atoms with Gasteiger partial charge in [0.2, 0.25) is 5.91 Å². The number of amides is 1. The van der Waals surface area contributed by atoms with Gasteiger partial charge in [-0.3, -0.25) is 9.69 Å². The van der Waals surface area contributed by atoms with Crippen molar-refractivity contribution in [1.29, 1.82) is 0 Å². The SMILES string of the molecule is COc1cc2c(cc1OC1CCCC1)NC(=O)C21CCN(Cc2nccn2C)CC1. The molecule has 2 aliphatic heterocycles. The van der Waals surface area contributed by atoms with E-state index in [1.165, 1.54) is 12.8 Å². The van der Waals surface area contributed by atoms with Crippen molar-refractivity contribution in [3.05, 3.63) is 35.9 Å². The molecule has 160 valence electrons. The van der Waals surface area contributed by atoms with Gasteiger partial charge in [-0.1, -0.05) is 0 Å². The van der Waals surface area contributed by atoms with Gasteiger partial charge in [0.25, 0.3) is 0 Å². The second kappa shape index (κ2) is 7.61. The molecule has 3 heterocycles. The average molecular weight is 411 g/mol. The zero-order chi connectivity index (χ0) is 20.7. The Morgan fingerprint density at radius 1 is 1.20 bits per heavy atom. The van der Waals surface area contributed by atoms with Crippen LogP contribution >= 0.6 is 0 Å². The summed E-state index contributed by atoms with van der Waals surface area (Å²) in [6.07, 6.45) is 10.2. The van der Waals surface area contributed by atoms with Crippen molar-refractivity contribution in [1.82, 2.24) is 14.5 Å². The number of likely N-dealkylation sites (tertiary alicyclic amines) is 1. The topological polar surface area (TPSA) is 68.6 Å². The first-order chi connectivity index (χ1) is 14.6. The highest BCUT2D eigenvalue weighted by molar-refractivity contribution is 6.06. The fourth-order valence-electron chi connectivity index (χ4n) is 5.20. The number of methoxy groups -OCH3 is 1. The van der Waals surface area contributed by atoms with E-state index in [1.807, 2.05) is 31.6 Å². The molecule has 1 amide bonds. The van der Waals surface area contributed by atoms with Crippen LogP contribution < -0.4 is 14.8 Å². The molecule has 30 heavy (non-hydrogen) atoms. The van der Waals surface area contributed by atoms with Gasteiger partial charge in [0.15, 0.2) is 11.5 Å². The maximum absolute atomic E-state index is 13.1. The number of aryl methyl sites for hydroxylation is 1. The molecule has 7 heteroatoms. The number of hydrogen-bond acceptors (Lipinski definition) is 5. The number of ether oxygens (including phenoxy) is 2. The standard InChI is InChI=1S/C23H30N4O3/c1-26-12-9-24-21(26)15-27-10-7-23(8-11-27)17-13-19(29-2)20(14-18(17)25-22(23)28)30-16-5-3-4-6-16/h9,12-14,16H,3-8,10-11,15H2,1-2H3,(H,25,28). The summed E-state index contributed by atoms with van der Waals surface area (Å²) >= 11 is 0. The van der Waals surface area contributed by atoms with Crippen molar-refractivity contribution in [2.75, 3.05) is 25.5 Å². The third-order valence-corrected chi connectivity index (χ3v) is 7.09. The lowest BCUT2D eigenvalue weighted by molar-refractivity contribution is -0.122. The number of imidazole rings is 1. The van der Waals surface area contributed by atoms with Crippen LogP contribution in [-0.4, -0.2) is 46.7 Å². The van der Waals surface area contributed by atoms with Gasteiger partial charge in [-0.15, -0.1) is 0 Å². The van der Waals surface area contributed by atoms with Gasteiger partial charge in [0, 0.05) is 31.2 Å². The Labute approximate surface area is 177 Å². The first kappa shape index (κ1) is 19.4. The Hall–Kier alpha value is -2.54. The van der Waals surface area contributed by atoms with Crippen LogP contribution in [0.4, 0.5) is 5.69 Å². The van der Waals surface area contributed by atoms with Gasteiger partial charge in [-0.05, 0) is 63.2 Å². The van der Waals surface area contributed by atoms with E-state index in [0.717, 1.165) is 73.9 Å². The summed E-state index contributed by atoms with van der Waals surface area (Å²) in [5, 5.41) is 3.13. The van der Waals surface area contributed by atoms with Gasteiger partial charge >= 0.3 is 0 Å². The number of nitrogens with one attached hydrogen (secondary N) is 1. The van der Waals surface area contributed by atoms with Crippen LogP contribution in [0.2, 0.25) is 0 Å². The van der Waals surface area contributed by atoms with E-state index in [-0.39, 0.29) is 12.0 Å². The number of benzene rings is 1. The number of aromatic nitrogens is 2. The fourth-order valence-corrected chi connectivity index (χ4v) is 5.20. The number of nitrogens with zero attached hydrogens (tertiary/aromatic N) is 3. The van der Waals surface area contributed by atoms with Gasteiger partial charge in [0.05, 0.1) is 25.2 Å². The van der Waals surface area contributed by atoms with Gasteiger partial charge in [-0.2, -0.15) is 0 Å². The number of anilines is 1. The molecular formula is C23H30N4O3. The van der Waals surface area contributed by atoms with Crippen molar-refractivity contribution >= 4 is 11.6 Å². The van der Waals surface area contributed by atoms with Crippen LogP contribution in [0.1, 0.15) is 49.9 Å². The fraction of sp³-hybridized carbons (Fsp3) is 0.565. The second-order valence-corrected chi connectivity index (χ2v) is 8.84. The number of rotatable bonds is 5. The quantitative estimate of drug-likeness (QED) is 0.820. The van der Waals surface area contributed by atoms with E-state index >= 15 is 0 Å². The highest BCUT2D eigenvalue weighted by Crippen LogP contribution is 2.49. The Morgan fingerprint density at radius 2 is 1.97 bits per heavy atom. The smallest absolute Gasteiger partial charge is 0.235 e. The summed E-state index contributed by atoms with van der Waals surface area (Å²) in [4.78, 5) is 19.9. The predicted molar refractivity (Wildman–Crippen MR) is 114 cm³/mol. The van der Waals surface area contributed by atoms with E-state index in [9.17, 15) is 4.79 Å². The Balaban J connectivity index is 1.36. The Bertz CT molecular complexity index is 940. The van der Waals surface area contributed by atoms with Gasteiger partial charge < -0.3 is 19.4 Å². The highest BCUT2D eigenvalue weighted by atomic mass is 16.5. The zero-order valence-electron chi connectivity index (χ0n) is 17.8. The lowest BCUT2D eigenvalue weighted by Crippen LogP contribution is -2.46. The molecule has 1 spiro atoms. The number of hydrogen-bond donors (Lipinski definition) is 1. The van der Waals surface area contributed by atoms with Gasteiger partial charge in [0.1, 0.15) is 5.82 Å². The van der Waals surface area contributed by atoms with Crippen LogP contribution in [0.5, 0.6) is 11.5 Å². The number of carbonyl (C=O) groups is 1. The first-order valence-corrected chi connectivity index (χ1v) is 11.0. The normalized spacial score (nSPS) is 21.1. The van der Waals surface area contributed by atoms with Crippen LogP contribution in [0.3, 0.4) is 0 Å². The maximum atomic E-state index is 13.1. The van der Waals surface area contributed by atoms with Crippen molar-refractivity contribution < 1.29 is 14.3 Å². The van der Waals surface area contributed by atoms with Crippen LogP contribution in [0.15, 0.2) is 24.5 Å². The molecule has 0 atom stereocenters. The number of carbonyl (C=O) groups excluding carboxylic acids is 1. The monoisotopic (exact) mass is 410 g/mol. The van der Waals surface area contributed by atoms with Gasteiger partial charge in [-0.25, -0.2) is 4.98 Å². The van der Waals surface area contributed by atoms with Crippen LogP contribution in [0, 0.1) is 0 Å². The highest BCUT2D eigenvalue weighted by Gasteiger charge is 2.49. The summed E-state index contributed by atoms with van der Waals surface area (Å²) in [5.74, 6) is 2.63. The van der Waals surface area contributed by atoms with E-state index < -0.39 is 5.41 Å². The van der Waals surface area contributed by atoms with E-state index in [1.54, 1.807) is 7.11 Å². The summed E-state index contributed by atoms with van der Waals surface area (Å²) < 4.78 is 14.0. The molecule has 0 unspecified atom stereocenters. The molecule has 3 aliphatic rings. The lowest BCUT2D eigenvalue weighted by Gasteiger charge is -2.37. The largest absolute Gasteiger partial charge is 0.493 e. The maximum Gasteiger partial charge on any atom is 0.235 e. The minimum atomic E-state index is -0.480. The average Bonchev–Trinajstić information content (AvgIpc) is 3.46. The minimum absolute atomic E-state index is 0.106. The van der Waals surface area contributed by atoms with E-state index in [2.05, 4.69) is 19.8 Å². The first-order valence-electron chi connectivity index (χ1n) is 11.0. The molecule has 5 rings (SSSR count). The van der Waals surface area contributed by atoms with Crippen molar-refractivity contribution in [2.24, 2.45) is 7.05 Å². The molecule has 0 radical (unpaired) electrons. The minimum Gasteiger partial charge on any atom is -0.493 e. The Kier molecular flexibility index (Phi) is 4.93. The molecule has 1 N–H and O–H groups in total. The molecular weight excluding hydrogens is 380 g/mol. The van der Waals surface area contributed by atoms with Crippen molar-refractivity contribution in [3.8, 4) is 11.5 Å². The molecule has 2 aromatic rings. The van der Waals surface area contributed by atoms with Crippen molar-refractivity contribution in [3.63, 3.8) is 0 Å². The molecule has 7 nitrogen and oxygen atoms in total. The third kappa shape index (κ3) is 3.25. The Morgan fingerprint density at radius 3 is 2.63 bits per heavy atom. The lowest BCUT2D eigenvalue weighted by atomic mass is 9.73. The van der Waals surface area contributed by atoms with Crippen LogP contribution in [-0.2, 0) is 23.8 Å². The second-order valence-electron chi connectivity index (χ2n) is 8.84. The zero-order valence-corrected chi connectivity index (χ0v) is 17.8. The molecule has 1 aromatic carbocycles. The number of piperidine rings is 1. The molecule has 2 fully saturated rings. The third-order valence-electron chi connectivity index (χ3n) is 7.09. The van der Waals surface area contributed by atoms with E-state index in [4.69, 9.17) is 9.47 Å². The predicted octanol–water partition coefficient (Wildman–Crippen LogP) is 3.24.